The van der Waals surface area contributed by atoms with Crippen molar-refractivity contribution in [3.8, 4) is 0 Å². The third kappa shape index (κ3) is 3.47. The Hall–Kier alpha value is -2.22. The fraction of sp³-hybridized carbons (Fsp3) is 0.409. The summed E-state index contributed by atoms with van der Waals surface area (Å²) in [5, 5.41) is 0. The summed E-state index contributed by atoms with van der Waals surface area (Å²) in [4.78, 5) is 12.8. The fourth-order valence-corrected chi connectivity index (χ4v) is 5.83. The van der Waals surface area contributed by atoms with E-state index in [1.807, 2.05) is 37.3 Å². The zero-order valence-electron chi connectivity index (χ0n) is 16.6. The number of benzene rings is 2. The highest BCUT2D eigenvalue weighted by atomic mass is 32.2. The second-order valence-electron chi connectivity index (χ2n) is 7.68. The molecule has 0 N–H and O–H groups in total. The van der Waals surface area contributed by atoms with Crippen molar-refractivity contribution in [2.24, 2.45) is 5.41 Å². The highest BCUT2D eigenvalue weighted by Gasteiger charge is 2.74. The summed E-state index contributed by atoms with van der Waals surface area (Å²) in [5.74, 6) is -0.500. The van der Waals surface area contributed by atoms with E-state index in [-0.39, 0.29) is 18.1 Å². The first-order valence-corrected chi connectivity index (χ1v) is 11.3. The molecule has 2 aliphatic rings. The van der Waals surface area contributed by atoms with Crippen LogP contribution in [0.3, 0.4) is 0 Å². The van der Waals surface area contributed by atoms with Gasteiger partial charge >= 0.3 is 5.97 Å². The molecule has 4 rings (SSSR count). The van der Waals surface area contributed by atoms with Crippen LogP contribution in [0.4, 0.5) is 0 Å². The molecule has 1 aliphatic carbocycles. The quantitative estimate of drug-likeness (QED) is 0.649. The third-order valence-corrected chi connectivity index (χ3v) is 7.53. The second-order valence-corrected chi connectivity index (χ2v) is 9.53. The summed E-state index contributed by atoms with van der Waals surface area (Å²) in [5.41, 5.74) is 1.43. The first-order valence-electron chi connectivity index (χ1n) is 9.82. The highest BCUT2D eigenvalue weighted by Crippen LogP contribution is 2.64. The van der Waals surface area contributed by atoms with Gasteiger partial charge in [0, 0.05) is 5.41 Å². The molecule has 1 spiro atoms. The van der Waals surface area contributed by atoms with Gasteiger partial charge in [0.25, 0.3) is 0 Å². The van der Waals surface area contributed by atoms with E-state index in [1.165, 1.54) is 4.31 Å². The van der Waals surface area contributed by atoms with E-state index in [0.29, 0.717) is 0 Å². The van der Waals surface area contributed by atoms with Gasteiger partial charge < -0.3 is 9.47 Å². The van der Waals surface area contributed by atoms with Gasteiger partial charge in [0.1, 0.15) is 12.3 Å². The molecule has 0 aromatic heterocycles. The lowest BCUT2D eigenvalue weighted by atomic mass is 9.85. The predicted molar refractivity (Wildman–Crippen MR) is 107 cm³/mol. The van der Waals surface area contributed by atoms with E-state index in [9.17, 15) is 13.2 Å². The van der Waals surface area contributed by atoms with E-state index >= 15 is 0 Å². The summed E-state index contributed by atoms with van der Waals surface area (Å²) in [6.45, 7) is 4.10. The normalized spacial score (nSPS) is 22.8. The maximum Gasteiger partial charge on any atom is 0.325 e. The first kappa shape index (κ1) is 20.1. The van der Waals surface area contributed by atoms with E-state index < -0.39 is 33.7 Å². The minimum atomic E-state index is -3.91. The number of ether oxygens (including phenoxy) is 2. The first-order chi connectivity index (χ1) is 13.9. The van der Waals surface area contributed by atoms with Crippen LogP contribution < -0.4 is 0 Å². The summed E-state index contributed by atoms with van der Waals surface area (Å²) < 4.78 is 39.4. The molecule has 0 amide bonds. The molecular formula is C22H25NO5S. The van der Waals surface area contributed by atoms with Crippen LogP contribution >= 0.6 is 0 Å². The topological polar surface area (TPSA) is 72.9 Å². The Labute approximate surface area is 171 Å². The molecule has 0 unspecified atom stereocenters. The van der Waals surface area contributed by atoms with Gasteiger partial charge in [-0.05, 0) is 44.4 Å². The lowest BCUT2D eigenvalue weighted by Crippen LogP contribution is -2.71. The molecule has 6 nitrogen and oxygen atoms in total. The number of hydrogen-bond donors (Lipinski definition) is 0. The van der Waals surface area contributed by atoms with Crippen LogP contribution in [0.2, 0.25) is 0 Å². The van der Waals surface area contributed by atoms with Gasteiger partial charge in [-0.1, -0.05) is 48.0 Å². The number of nitrogens with zero attached hydrogens (tertiary/aromatic N) is 1. The lowest BCUT2D eigenvalue weighted by molar-refractivity contribution is -0.202. The molecule has 1 heterocycles. The van der Waals surface area contributed by atoms with E-state index in [4.69, 9.17) is 9.47 Å². The summed E-state index contributed by atoms with van der Waals surface area (Å²) >= 11 is 0. The lowest BCUT2D eigenvalue weighted by Gasteiger charge is -2.52. The Kier molecular flexibility index (Phi) is 5.23. The number of carbonyl (C=O) groups is 1. The average molecular weight is 416 g/mol. The Morgan fingerprint density at radius 1 is 1.10 bits per heavy atom. The third-order valence-electron chi connectivity index (χ3n) is 5.71. The van der Waals surface area contributed by atoms with Crippen molar-refractivity contribution >= 4 is 16.0 Å². The molecular weight excluding hydrogens is 390 g/mol. The molecule has 0 bridgehead atoms. The SMILES string of the molecule is CCOC(=O)[C@@H]1N(S(=O)(=O)c2ccc(C)cc2)[C@H](OCc2ccccc2)C12CC2. The number of carbonyl (C=O) groups excluding carboxylic acids is 1. The van der Waals surface area contributed by atoms with Crippen molar-refractivity contribution in [2.75, 3.05) is 6.61 Å². The summed E-state index contributed by atoms with van der Waals surface area (Å²) in [6.07, 6.45) is 0.814. The van der Waals surface area contributed by atoms with Crippen molar-refractivity contribution in [1.29, 1.82) is 0 Å². The van der Waals surface area contributed by atoms with Crippen molar-refractivity contribution in [3.63, 3.8) is 0 Å². The number of rotatable bonds is 7. The van der Waals surface area contributed by atoms with Crippen molar-refractivity contribution in [2.45, 2.75) is 50.5 Å². The zero-order valence-corrected chi connectivity index (χ0v) is 17.4. The molecule has 1 saturated heterocycles. The van der Waals surface area contributed by atoms with Gasteiger partial charge in [0.2, 0.25) is 10.0 Å². The maximum atomic E-state index is 13.4. The molecule has 2 aromatic carbocycles. The van der Waals surface area contributed by atoms with Crippen LogP contribution in [0.5, 0.6) is 0 Å². The van der Waals surface area contributed by atoms with Crippen LogP contribution in [0.25, 0.3) is 0 Å². The molecule has 1 aliphatic heterocycles. The molecule has 2 aromatic rings. The van der Waals surface area contributed by atoms with E-state index in [2.05, 4.69) is 0 Å². The van der Waals surface area contributed by atoms with Crippen molar-refractivity contribution in [1.82, 2.24) is 4.31 Å². The minimum absolute atomic E-state index is 0.154. The van der Waals surface area contributed by atoms with Crippen LogP contribution in [0, 0.1) is 12.3 Å². The molecule has 0 radical (unpaired) electrons. The van der Waals surface area contributed by atoms with Gasteiger partial charge in [-0.3, -0.25) is 4.79 Å². The van der Waals surface area contributed by atoms with Crippen LogP contribution in [-0.4, -0.2) is 37.6 Å². The van der Waals surface area contributed by atoms with E-state index in [0.717, 1.165) is 24.0 Å². The standard InChI is InChI=1S/C22H25NO5S/c1-3-27-20(24)19-22(13-14-22)21(28-15-17-7-5-4-6-8-17)23(19)29(25,26)18-11-9-16(2)10-12-18/h4-12,19,21H,3,13-15H2,1-2H3/t19-,21+/m0/s1. The number of hydrogen-bond acceptors (Lipinski definition) is 5. The molecule has 2 fully saturated rings. The minimum Gasteiger partial charge on any atom is -0.465 e. The van der Waals surface area contributed by atoms with Gasteiger partial charge in [-0.2, -0.15) is 4.31 Å². The molecule has 154 valence electrons. The van der Waals surface area contributed by atoms with Crippen LogP contribution in [0.1, 0.15) is 30.9 Å². The maximum absolute atomic E-state index is 13.4. The van der Waals surface area contributed by atoms with Crippen LogP contribution in [-0.2, 0) is 30.9 Å². The predicted octanol–water partition coefficient (Wildman–Crippen LogP) is 3.25. The second kappa shape index (κ2) is 7.55. The fourth-order valence-electron chi connectivity index (χ4n) is 4.01. The number of esters is 1. The van der Waals surface area contributed by atoms with E-state index in [1.54, 1.807) is 31.2 Å². The molecule has 29 heavy (non-hydrogen) atoms. The van der Waals surface area contributed by atoms with Gasteiger partial charge in [0.15, 0.2) is 0 Å². The summed E-state index contributed by atoms with van der Waals surface area (Å²) in [7, 11) is -3.91. The summed E-state index contributed by atoms with van der Waals surface area (Å²) in [6, 6.07) is 15.4. The highest BCUT2D eigenvalue weighted by molar-refractivity contribution is 7.89. The smallest absolute Gasteiger partial charge is 0.325 e. The van der Waals surface area contributed by atoms with Gasteiger partial charge in [-0.15, -0.1) is 0 Å². The zero-order chi connectivity index (χ0) is 20.6. The number of aryl methyl sites for hydroxylation is 1. The Balaban J connectivity index is 1.65. The molecule has 2 atom stereocenters. The van der Waals surface area contributed by atoms with Crippen molar-refractivity contribution < 1.29 is 22.7 Å². The molecule has 1 saturated carbocycles. The monoisotopic (exact) mass is 415 g/mol. The molecule has 7 heteroatoms. The Morgan fingerprint density at radius 3 is 2.34 bits per heavy atom. The van der Waals surface area contributed by atoms with Crippen molar-refractivity contribution in [3.05, 3.63) is 65.7 Å². The van der Waals surface area contributed by atoms with Gasteiger partial charge in [0.05, 0.1) is 18.1 Å². The Bertz CT molecular complexity index is 984. The number of sulfonamides is 1. The largest absolute Gasteiger partial charge is 0.465 e. The van der Waals surface area contributed by atoms with Gasteiger partial charge in [-0.25, -0.2) is 8.42 Å². The van der Waals surface area contributed by atoms with Crippen LogP contribution in [0.15, 0.2) is 59.5 Å². The Morgan fingerprint density at radius 2 is 1.76 bits per heavy atom. The average Bonchev–Trinajstić information content (AvgIpc) is 3.51.